The SMILES string of the molecule is CCCN(Cc1ccccc1)C[B-](F)(F)F.[K+]. The van der Waals surface area contributed by atoms with Crippen LogP contribution in [-0.2, 0) is 6.54 Å². The summed E-state index contributed by atoms with van der Waals surface area (Å²) in [7, 11) is 0. The summed E-state index contributed by atoms with van der Waals surface area (Å²) in [5.74, 6) is 0. The van der Waals surface area contributed by atoms with Gasteiger partial charge in [-0.15, -0.1) is 0 Å². The van der Waals surface area contributed by atoms with Crippen molar-refractivity contribution in [3.63, 3.8) is 0 Å². The van der Waals surface area contributed by atoms with Gasteiger partial charge in [-0.25, -0.2) is 0 Å². The predicted octanol–water partition coefficient (Wildman–Crippen LogP) is 0.289. The molecule has 1 aromatic carbocycles. The third-order valence-electron chi connectivity index (χ3n) is 2.25. The average molecular weight is 269 g/mol. The Hall–Kier alpha value is 0.671. The number of benzene rings is 1. The first kappa shape index (κ1) is 17.7. The molecule has 1 nitrogen and oxygen atoms in total. The number of nitrogens with zero attached hydrogens (tertiary/aromatic N) is 1. The van der Waals surface area contributed by atoms with E-state index in [0.29, 0.717) is 13.1 Å². The summed E-state index contributed by atoms with van der Waals surface area (Å²) in [6.07, 6.45) is -0.0400. The maximum atomic E-state index is 12.4. The van der Waals surface area contributed by atoms with E-state index in [1.54, 1.807) is 0 Å². The summed E-state index contributed by atoms with van der Waals surface area (Å²) in [6, 6.07) is 9.26. The van der Waals surface area contributed by atoms with Gasteiger partial charge in [0.25, 0.3) is 0 Å². The largest absolute Gasteiger partial charge is 1.00 e. The molecule has 0 saturated carbocycles. The minimum absolute atomic E-state index is 0. The normalized spacial score (nSPS) is 11.4. The van der Waals surface area contributed by atoms with Gasteiger partial charge in [0.15, 0.2) is 0 Å². The molecule has 0 aliphatic carbocycles. The second-order valence-corrected chi connectivity index (χ2v) is 3.93. The van der Waals surface area contributed by atoms with Crippen LogP contribution in [0.5, 0.6) is 0 Å². The fourth-order valence-corrected chi connectivity index (χ4v) is 1.69. The van der Waals surface area contributed by atoms with Gasteiger partial charge in [-0.2, -0.15) is 0 Å². The first-order valence-corrected chi connectivity index (χ1v) is 5.48. The Kier molecular flexibility index (Phi) is 9.06. The standard InChI is InChI=1S/C11H16BF3N.K/c1-2-8-16(10-12(13,14)15)9-11-6-4-3-5-7-11;/h3-7H,2,8-10H2,1H3;/q-1;+1. The molecule has 0 heterocycles. The Morgan fingerprint density at radius 1 is 1.12 bits per heavy atom. The van der Waals surface area contributed by atoms with Gasteiger partial charge in [0.05, 0.1) is 0 Å². The molecule has 17 heavy (non-hydrogen) atoms. The summed E-state index contributed by atoms with van der Waals surface area (Å²) in [5, 5.41) is 0. The molecule has 0 radical (unpaired) electrons. The van der Waals surface area contributed by atoms with Crippen LogP contribution in [0.3, 0.4) is 0 Å². The van der Waals surface area contributed by atoms with E-state index in [4.69, 9.17) is 0 Å². The van der Waals surface area contributed by atoms with Crippen LogP contribution in [-0.4, -0.2) is 24.9 Å². The van der Waals surface area contributed by atoms with Crippen molar-refractivity contribution in [2.24, 2.45) is 0 Å². The number of halogens is 3. The zero-order chi connectivity index (χ0) is 12.0. The van der Waals surface area contributed by atoms with Crippen molar-refractivity contribution in [3.8, 4) is 0 Å². The molecule has 0 aromatic heterocycles. The molecule has 0 spiro atoms. The molecule has 0 fully saturated rings. The van der Waals surface area contributed by atoms with Crippen molar-refractivity contribution in [1.82, 2.24) is 4.90 Å². The van der Waals surface area contributed by atoms with Crippen molar-refractivity contribution < 1.29 is 64.3 Å². The fourth-order valence-electron chi connectivity index (χ4n) is 1.69. The monoisotopic (exact) mass is 269 g/mol. The molecule has 0 aliphatic heterocycles. The van der Waals surface area contributed by atoms with E-state index >= 15 is 0 Å². The summed E-state index contributed by atoms with van der Waals surface area (Å²) < 4.78 is 37.1. The second-order valence-electron chi connectivity index (χ2n) is 3.93. The van der Waals surface area contributed by atoms with Crippen LogP contribution in [0.2, 0.25) is 0 Å². The maximum Gasteiger partial charge on any atom is 1.00 e. The van der Waals surface area contributed by atoms with E-state index in [9.17, 15) is 12.9 Å². The Morgan fingerprint density at radius 3 is 2.18 bits per heavy atom. The van der Waals surface area contributed by atoms with Crippen molar-refractivity contribution in [2.75, 3.05) is 13.0 Å². The quantitative estimate of drug-likeness (QED) is 0.671. The van der Waals surface area contributed by atoms with Gasteiger partial charge >= 0.3 is 58.4 Å². The zero-order valence-corrected chi connectivity index (χ0v) is 13.5. The zero-order valence-electron chi connectivity index (χ0n) is 10.4. The maximum absolute atomic E-state index is 12.4. The number of hydrogen-bond donors (Lipinski definition) is 0. The van der Waals surface area contributed by atoms with Gasteiger partial charge in [0.1, 0.15) is 0 Å². The van der Waals surface area contributed by atoms with Crippen LogP contribution in [0.1, 0.15) is 18.9 Å². The van der Waals surface area contributed by atoms with E-state index in [1.165, 1.54) is 4.90 Å². The Labute approximate surface area is 143 Å². The van der Waals surface area contributed by atoms with Gasteiger partial charge < -0.3 is 17.8 Å². The topological polar surface area (TPSA) is 3.24 Å². The van der Waals surface area contributed by atoms with E-state index in [-0.39, 0.29) is 51.4 Å². The van der Waals surface area contributed by atoms with Gasteiger partial charge in [0, 0.05) is 6.54 Å². The molecule has 1 aromatic rings. The van der Waals surface area contributed by atoms with E-state index in [1.807, 2.05) is 37.3 Å². The smallest absolute Gasteiger partial charge is 0.448 e. The summed E-state index contributed by atoms with van der Waals surface area (Å²) in [5.41, 5.74) is 0.927. The van der Waals surface area contributed by atoms with Crippen molar-refractivity contribution in [3.05, 3.63) is 35.9 Å². The van der Waals surface area contributed by atoms with Crippen LogP contribution >= 0.6 is 0 Å². The summed E-state index contributed by atoms with van der Waals surface area (Å²) >= 11 is 0. The summed E-state index contributed by atoms with van der Waals surface area (Å²) in [4.78, 5) is 1.45. The van der Waals surface area contributed by atoms with E-state index in [0.717, 1.165) is 12.0 Å². The molecule has 90 valence electrons. The van der Waals surface area contributed by atoms with Gasteiger partial charge in [0.2, 0.25) is 0 Å². The third-order valence-corrected chi connectivity index (χ3v) is 2.25. The molecule has 0 amide bonds. The third kappa shape index (κ3) is 8.40. The van der Waals surface area contributed by atoms with Crippen LogP contribution in [0.15, 0.2) is 30.3 Å². The molecule has 0 unspecified atom stereocenters. The average Bonchev–Trinajstić information content (AvgIpc) is 2.17. The van der Waals surface area contributed by atoms with Crippen LogP contribution < -0.4 is 51.4 Å². The van der Waals surface area contributed by atoms with Crippen LogP contribution in [0.25, 0.3) is 0 Å². The number of hydrogen-bond acceptors (Lipinski definition) is 1. The van der Waals surface area contributed by atoms with Gasteiger partial charge in [-0.05, 0) is 25.0 Å². The molecular formula is C11H16BF3KN. The summed E-state index contributed by atoms with van der Waals surface area (Å²) in [6.45, 7) is -1.99. The van der Waals surface area contributed by atoms with Crippen molar-refractivity contribution >= 4 is 6.98 Å². The van der Waals surface area contributed by atoms with Crippen molar-refractivity contribution in [1.29, 1.82) is 0 Å². The first-order valence-electron chi connectivity index (χ1n) is 5.48. The minimum atomic E-state index is -4.74. The predicted molar refractivity (Wildman–Crippen MR) is 61.1 cm³/mol. The molecule has 6 heteroatoms. The van der Waals surface area contributed by atoms with Crippen molar-refractivity contribution in [2.45, 2.75) is 19.9 Å². The van der Waals surface area contributed by atoms with Crippen LogP contribution in [0, 0.1) is 0 Å². The van der Waals surface area contributed by atoms with Gasteiger partial charge in [-0.1, -0.05) is 37.3 Å². The molecular weight excluding hydrogens is 253 g/mol. The second kappa shape index (κ2) is 8.72. The Balaban J connectivity index is 0.00000256. The van der Waals surface area contributed by atoms with E-state index in [2.05, 4.69) is 0 Å². The van der Waals surface area contributed by atoms with E-state index < -0.39 is 13.4 Å². The Morgan fingerprint density at radius 2 is 1.71 bits per heavy atom. The number of rotatable bonds is 6. The minimum Gasteiger partial charge on any atom is -0.448 e. The first-order chi connectivity index (χ1) is 7.51. The fraction of sp³-hybridized carbons (Fsp3) is 0.455. The molecule has 0 atom stereocenters. The Bertz CT molecular complexity index is 305. The molecule has 0 bridgehead atoms. The molecule has 0 N–H and O–H groups in total. The molecule has 0 aliphatic rings. The molecule has 0 saturated heterocycles. The van der Waals surface area contributed by atoms with Crippen LogP contribution in [0.4, 0.5) is 12.9 Å². The van der Waals surface area contributed by atoms with Gasteiger partial charge in [-0.3, -0.25) is 0 Å². The molecule has 1 rings (SSSR count).